The Kier molecular flexibility index (Phi) is 3.87. The summed E-state index contributed by atoms with van der Waals surface area (Å²) in [5, 5.41) is 11.9. The zero-order valence-electron chi connectivity index (χ0n) is 9.63. The number of anilines is 1. The number of halogens is 2. The van der Waals surface area contributed by atoms with Crippen molar-refractivity contribution in [2.24, 2.45) is 0 Å². The molecule has 0 fully saturated rings. The number of hydrogen-bond donors (Lipinski definition) is 1. The fourth-order valence-corrected chi connectivity index (χ4v) is 2.02. The first kappa shape index (κ1) is 12.9. The fraction of sp³-hybridized carbons (Fsp3) is 0.154. The second-order valence-electron chi connectivity index (χ2n) is 3.80. The lowest BCUT2D eigenvalue weighted by molar-refractivity contribution is 0.492. The van der Waals surface area contributed by atoms with E-state index in [0.717, 1.165) is 9.53 Å². The van der Waals surface area contributed by atoms with Crippen molar-refractivity contribution in [1.29, 1.82) is 5.26 Å². The molecule has 0 aliphatic heterocycles. The monoisotopic (exact) mass is 356 g/mol. The molecule has 0 saturated carbocycles. The largest absolute Gasteiger partial charge is 0.454 e. The average Bonchev–Trinajstić information content (AvgIpc) is 2.77. The van der Waals surface area contributed by atoms with Gasteiger partial charge in [0.1, 0.15) is 11.6 Å². The van der Waals surface area contributed by atoms with Crippen LogP contribution in [0.25, 0.3) is 0 Å². The Labute approximate surface area is 118 Å². The molecule has 1 heterocycles. The van der Waals surface area contributed by atoms with Crippen molar-refractivity contribution in [3.05, 3.63) is 50.7 Å². The van der Waals surface area contributed by atoms with Crippen LogP contribution in [0.4, 0.5) is 10.1 Å². The maximum absolute atomic E-state index is 13.5. The fourth-order valence-electron chi connectivity index (χ4n) is 1.56. The molecule has 1 aromatic heterocycles. The van der Waals surface area contributed by atoms with Gasteiger partial charge in [-0.25, -0.2) is 4.39 Å². The van der Waals surface area contributed by atoms with Gasteiger partial charge in [0.25, 0.3) is 0 Å². The van der Waals surface area contributed by atoms with Crippen molar-refractivity contribution in [2.75, 3.05) is 5.32 Å². The Balaban J connectivity index is 2.19. The molecule has 0 radical (unpaired) electrons. The van der Waals surface area contributed by atoms with Gasteiger partial charge in [0.05, 0.1) is 18.2 Å². The second-order valence-corrected chi connectivity index (χ2v) is 4.87. The summed E-state index contributed by atoms with van der Waals surface area (Å²) < 4.78 is 19.7. The molecular weight excluding hydrogens is 346 g/mol. The van der Waals surface area contributed by atoms with E-state index in [1.807, 2.05) is 18.2 Å². The molecule has 0 spiro atoms. The molecule has 3 nitrogen and oxygen atoms in total. The van der Waals surface area contributed by atoms with Gasteiger partial charge >= 0.3 is 0 Å². The van der Waals surface area contributed by atoms with E-state index in [1.54, 1.807) is 13.0 Å². The predicted molar refractivity (Wildman–Crippen MR) is 74.6 cm³/mol. The molecule has 0 amide bonds. The lowest BCUT2D eigenvalue weighted by Crippen LogP contribution is -2.02. The highest BCUT2D eigenvalue weighted by atomic mass is 127. The summed E-state index contributed by atoms with van der Waals surface area (Å²) in [6, 6.07) is 8.51. The van der Waals surface area contributed by atoms with Crippen LogP contribution >= 0.6 is 22.6 Å². The van der Waals surface area contributed by atoms with E-state index in [9.17, 15) is 4.39 Å². The van der Waals surface area contributed by atoms with Crippen LogP contribution in [0.15, 0.2) is 28.7 Å². The van der Waals surface area contributed by atoms with Crippen LogP contribution < -0.4 is 5.32 Å². The third-order valence-corrected chi connectivity index (χ3v) is 3.14. The van der Waals surface area contributed by atoms with Gasteiger partial charge in [-0.15, -0.1) is 0 Å². The Morgan fingerprint density at radius 1 is 1.44 bits per heavy atom. The molecule has 1 N–H and O–H groups in total. The zero-order chi connectivity index (χ0) is 13.1. The van der Waals surface area contributed by atoms with Crippen molar-refractivity contribution in [2.45, 2.75) is 13.5 Å². The second kappa shape index (κ2) is 5.40. The molecule has 0 atom stereocenters. The highest BCUT2D eigenvalue weighted by Gasteiger charge is 2.07. The Morgan fingerprint density at radius 2 is 2.22 bits per heavy atom. The van der Waals surface area contributed by atoms with Gasteiger partial charge in [-0.1, -0.05) is 0 Å². The molecule has 5 heteroatoms. The number of rotatable bonds is 3. The molecule has 2 rings (SSSR count). The number of nitrogens with one attached hydrogen (secondary N) is 1. The zero-order valence-corrected chi connectivity index (χ0v) is 11.8. The van der Waals surface area contributed by atoms with Gasteiger partial charge in [-0.05, 0) is 53.8 Å². The molecule has 1 aromatic carbocycles. The van der Waals surface area contributed by atoms with Crippen molar-refractivity contribution in [3.63, 3.8) is 0 Å². The SMILES string of the molecule is Cc1c(F)cc(C#N)cc1NCc1ccc(I)o1. The summed E-state index contributed by atoms with van der Waals surface area (Å²) in [4.78, 5) is 0. The van der Waals surface area contributed by atoms with Crippen molar-refractivity contribution < 1.29 is 8.81 Å². The molecule has 2 aromatic rings. The molecule has 0 unspecified atom stereocenters. The van der Waals surface area contributed by atoms with Crippen molar-refractivity contribution >= 4 is 28.3 Å². The smallest absolute Gasteiger partial charge is 0.164 e. The normalized spacial score (nSPS) is 10.1. The number of hydrogen-bond acceptors (Lipinski definition) is 3. The van der Waals surface area contributed by atoms with Crippen molar-refractivity contribution in [3.8, 4) is 6.07 Å². The first-order valence-electron chi connectivity index (χ1n) is 5.28. The molecular formula is C13H10FIN2O. The molecule has 18 heavy (non-hydrogen) atoms. The summed E-state index contributed by atoms with van der Waals surface area (Å²) in [5.74, 6) is 0.382. The molecule has 0 aliphatic carbocycles. The van der Waals surface area contributed by atoms with E-state index in [1.165, 1.54) is 6.07 Å². The summed E-state index contributed by atoms with van der Waals surface area (Å²) in [6.07, 6.45) is 0. The maximum Gasteiger partial charge on any atom is 0.164 e. The topological polar surface area (TPSA) is 49.0 Å². The van der Waals surface area contributed by atoms with Gasteiger partial charge < -0.3 is 9.73 Å². The third kappa shape index (κ3) is 2.82. The molecule has 92 valence electrons. The van der Waals surface area contributed by atoms with Crippen LogP contribution in [0.1, 0.15) is 16.9 Å². The summed E-state index contributed by atoms with van der Waals surface area (Å²) in [5.41, 5.74) is 1.41. The number of nitrogens with zero attached hydrogens (tertiary/aromatic N) is 1. The van der Waals surface area contributed by atoms with E-state index in [-0.39, 0.29) is 5.82 Å². The highest BCUT2D eigenvalue weighted by Crippen LogP contribution is 2.21. The van der Waals surface area contributed by atoms with Crippen LogP contribution in [-0.2, 0) is 6.54 Å². The van der Waals surface area contributed by atoms with Crippen LogP contribution in [-0.4, -0.2) is 0 Å². The van der Waals surface area contributed by atoms with E-state index in [4.69, 9.17) is 9.68 Å². The Hall–Kier alpha value is -1.55. The molecule has 0 bridgehead atoms. The highest BCUT2D eigenvalue weighted by molar-refractivity contribution is 14.1. The number of nitriles is 1. The summed E-state index contributed by atoms with van der Waals surface area (Å²) in [6.45, 7) is 2.13. The van der Waals surface area contributed by atoms with Crippen LogP contribution in [0.2, 0.25) is 0 Å². The van der Waals surface area contributed by atoms with E-state index < -0.39 is 0 Å². The number of benzene rings is 1. The third-order valence-electron chi connectivity index (χ3n) is 2.56. The minimum absolute atomic E-state index is 0.301. The number of furan rings is 1. The summed E-state index contributed by atoms with van der Waals surface area (Å²) in [7, 11) is 0. The van der Waals surface area contributed by atoms with Gasteiger partial charge in [-0.3, -0.25) is 0 Å². The van der Waals surface area contributed by atoms with Gasteiger partial charge in [0.2, 0.25) is 0 Å². The van der Waals surface area contributed by atoms with E-state index >= 15 is 0 Å². The lowest BCUT2D eigenvalue weighted by Gasteiger charge is -2.09. The Morgan fingerprint density at radius 3 is 2.83 bits per heavy atom. The summed E-state index contributed by atoms with van der Waals surface area (Å²) >= 11 is 2.08. The van der Waals surface area contributed by atoms with Crippen LogP contribution in [0, 0.1) is 27.8 Å². The van der Waals surface area contributed by atoms with Gasteiger partial charge in [-0.2, -0.15) is 5.26 Å². The van der Waals surface area contributed by atoms with E-state index in [2.05, 4.69) is 27.9 Å². The lowest BCUT2D eigenvalue weighted by atomic mass is 10.1. The molecule has 0 aliphatic rings. The minimum atomic E-state index is -0.384. The van der Waals surface area contributed by atoms with Crippen molar-refractivity contribution in [1.82, 2.24) is 0 Å². The molecule has 0 saturated heterocycles. The first-order chi connectivity index (χ1) is 8.60. The predicted octanol–water partition coefficient (Wildman–Crippen LogP) is 3.82. The van der Waals surface area contributed by atoms with E-state index in [0.29, 0.717) is 23.4 Å². The van der Waals surface area contributed by atoms with Crippen LogP contribution in [0.3, 0.4) is 0 Å². The van der Waals surface area contributed by atoms with Crippen LogP contribution in [0.5, 0.6) is 0 Å². The maximum atomic E-state index is 13.5. The quantitative estimate of drug-likeness (QED) is 0.851. The first-order valence-corrected chi connectivity index (χ1v) is 6.36. The van der Waals surface area contributed by atoms with Gasteiger partial charge in [0.15, 0.2) is 3.77 Å². The van der Waals surface area contributed by atoms with Gasteiger partial charge in [0, 0.05) is 11.3 Å². The minimum Gasteiger partial charge on any atom is -0.454 e. The Bertz CT molecular complexity index is 616. The standard InChI is InChI=1S/C13H10FIN2O/c1-8-11(14)4-9(6-16)5-12(8)17-7-10-2-3-13(15)18-10/h2-5,17H,7H2,1H3. The average molecular weight is 356 g/mol.